The van der Waals surface area contributed by atoms with Crippen LogP contribution in [0.3, 0.4) is 0 Å². The molecule has 0 aliphatic heterocycles. The number of carbonyl (C=O) groups is 1. The number of carbonyl (C=O) groups excluding carboxylic acids is 1. The molecule has 1 heterocycles. The molecule has 0 atom stereocenters. The number of benzene rings is 2. The third-order valence-corrected chi connectivity index (χ3v) is 4.10. The minimum Gasteiger partial charge on any atom is -0.338 e. The Balaban J connectivity index is 1.93. The number of para-hydroxylation sites is 1. The normalized spacial score (nSPS) is 10.9. The molecule has 0 fully saturated rings. The fourth-order valence-corrected chi connectivity index (χ4v) is 2.92. The summed E-state index contributed by atoms with van der Waals surface area (Å²) in [4.78, 5) is 12.3. The van der Waals surface area contributed by atoms with E-state index in [0.29, 0.717) is 17.1 Å². The molecule has 4 heteroatoms. The lowest BCUT2D eigenvalue weighted by molar-refractivity contribution is 0.0973. The summed E-state index contributed by atoms with van der Waals surface area (Å²) in [5.41, 5.74) is 1.71. The van der Waals surface area contributed by atoms with Gasteiger partial charge in [0.15, 0.2) is 5.78 Å². The topological polar surface area (TPSA) is 22.0 Å². The van der Waals surface area contributed by atoms with Gasteiger partial charge in [-0.25, -0.2) is 0 Å². The molecule has 0 bridgehead atoms. The summed E-state index contributed by atoms with van der Waals surface area (Å²) in [6.45, 7) is 0.313. The van der Waals surface area contributed by atoms with Gasteiger partial charge in [0.1, 0.15) is 0 Å². The lowest BCUT2D eigenvalue weighted by Crippen LogP contribution is -2.09. The molecule has 0 unspecified atom stereocenters. The lowest BCUT2D eigenvalue weighted by Gasteiger charge is -2.05. The van der Waals surface area contributed by atoms with Crippen LogP contribution in [-0.2, 0) is 6.54 Å². The SMILES string of the molecule is O=C(Cn1cc(Br)c2ccccc21)c1ccc(Cl)cc1. The monoisotopic (exact) mass is 347 g/mol. The average Bonchev–Trinajstić information content (AvgIpc) is 2.77. The minimum atomic E-state index is 0.0647. The Morgan fingerprint density at radius 3 is 2.55 bits per heavy atom. The van der Waals surface area contributed by atoms with Crippen molar-refractivity contribution in [1.82, 2.24) is 4.57 Å². The summed E-state index contributed by atoms with van der Waals surface area (Å²) in [5, 5.41) is 1.74. The second-order valence-corrected chi connectivity index (χ2v) is 5.84. The fraction of sp³-hybridized carbons (Fsp3) is 0.0625. The van der Waals surface area contributed by atoms with E-state index in [9.17, 15) is 4.79 Å². The van der Waals surface area contributed by atoms with Gasteiger partial charge in [-0.15, -0.1) is 0 Å². The highest BCUT2D eigenvalue weighted by Gasteiger charge is 2.11. The van der Waals surface area contributed by atoms with Crippen LogP contribution in [0.25, 0.3) is 10.9 Å². The van der Waals surface area contributed by atoms with Gasteiger partial charge in [0, 0.05) is 32.2 Å². The van der Waals surface area contributed by atoms with Crippen LogP contribution in [-0.4, -0.2) is 10.4 Å². The Labute approximate surface area is 130 Å². The molecule has 1 aromatic heterocycles. The summed E-state index contributed by atoms with van der Waals surface area (Å²) in [7, 11) is 0. The number of aromatic nitrogens is 1. The maximum Gasteiger partial charge on any atom is 0.182 e. The van der Waals surface area contributed by atoms with Crippen molar-refractivity contribution in [2.45, 2.75) is 6.54 Å². The van der Waals surface area contributed by atoms with Crippen LogP contribution in [0, 0.1) is 0 Å². The molecular weight excluding hydrogens is 338 g/mol. The van der Waals surface area contributed by atoms with Crippen molar-refractivity contribution < 1.29 is 4.79 Å². The van der Waals surface area contributed by atoms with Gasteiger partial charge in [-0.05, 0) is 46.3 Å². The predicted octanol–water partition coefficient (Wildman–Crippen LogP) is 4.94. The molecule has 0 saturated heterocycles. The molecule has 3 rings (SSSR count). The van der Waals surface area contributed by atoms with Gasteiger partial charge in [-0.2, -0.15) is 0 Å². The molecular formula is C16H11BrClNO. The molecule has 0 spiro atoms. The van der Waals surface area contributed by atoms with Crippen LogP contribution in [0.2, 0.25) is 5.02 Å². The number of rotatable bonds is 3. The molecule has 0 aliphatic carbocycles. The number of hydrogen-bond donors (Lipinski definition) is 0. The van der Waals surface area contributed by atoms with E-state index in [-0.39, 0.29) is 5.78 Å². The Morgan fingerprint density at radius 2 is 1.80 bits per heavy atom. The number of Topliss-reactive ketones (excluding diaryl/α,β-unsaturated/α-hetero) is 1. The van der Waals surface area contributed by atoms with Gasteiger partial charge in [0.2, 0.25) is 0 Å². The van der Waals surface area contributed by atoms with Crippen molar-refractivity contribution in [2.75, 3.05) is 0 Å². The highest BCUT2D eigenvalue weighted by molar-refractivity contribution is 9.10. The van der Waals surface area contributed by atoms with Crippen LogP contribution in [0.1, 0.15) is 10.4 Å². The molecule has 3 aromatic rings. The van der Waals surface area contributed by atoms with E-state index in [2.05, 4.69) is 15.9 Å². The number of nitrogens with zero attached hydrogens (tertiary/aromatic N) is 1. The zero-order valence-corrected chi connectivity index (χ0v) is 12.9. The van der Waals surface area contributed by atoms with Crippen LogP contribution in [0.4, 0.5) is 0 Å². The quantitative estimate of drug-likeness (QED) is 0.614. The molecule has 2 nitrogen and oxygen atoms in total. The van der Waals surface area contributed by atoms with Crippen molar-refractivity contribution >= 4 is 44.2 Å². The van der Waals surface area contributed by atoms with Crippen molar-refractivity contribution in [3.05, 3.63) is 69.8 Å². The van der Waals surface area contributed by atoms with E-state index in [1.807, 2.05) is 35.0 Å². The van der Waals surface area contributed by atoms with Gasteiger partial charge >= 0.3 is 0 Å². The van der Waals surface area contributed by atoms with Gasteiger partial charge in [-0.3, -0.25) is 4.79 Å². The fourth-order valence-electron chi connectivity index (χ4n) is 2.21. The largest absolute Gasteiger partial charge is 0.338 e. The van der Waals surface area contributed by atoms with Crippen LogP contribution in [0.15, 0.2) is 59.2 Å². The van der Waals surface area contributed by atoms with Gasteiger partial charge < -0.3 is 4.57 Å². The Bertz CT molecular complexity index is 777. The maximum atomic E-state index is 12.3. The van der Waals surface area contributed by atoms with E-state index in [0.717, 1.165) is 15.4 Å². The molecule has 20 heavy (non-hydrogen) atoms. The van der Waals surface area contributed by atoms with Crippen molar-refractivity contribution in [3.63, 3.8) is 0 Å². The molecule has 2 aromatic carbocycles. The third kappa shape index (κ3) is 2.51. The summed E-state index contributed by atoms with van der Waals surface area (Å²) < 4.78 is 2.95. The molecule has 0 amide bonds. The van der Waals surface area contributed by atoms with Crippen molar-refractivity contribution in [1.29, 1.82) is 0 Å². The highest BCUT2D eigenvalue weighted by atomic mass is 79.9. The van der Waals surface area contributed by atoms with Gasteiger partial charge in [-0.1, -0.05) is 29.8 Å². The van der Waals surface area contributed by atoms with E-state index >= 15 is 0 Å². The molecule has 0 radical (unpaired) electrons. The first-order valence-electron chi connectivity index (χ1n) is 6.17. The first-order chi connectivity index (χ1) is 9.65. The minimum absolute atomic E-state index is 0.0647. The first-order valence-corrected chi connectivity index (χ1v) is 7.34. The Kier molecular flexibility index (Phi) is 3.64. The molecule has 0 saturated carbocycles. The van der Waals surface area contributed by atoms with Crippen LogP contribution < -0.4 is 0 Å². The third-order valence-electron chi connectivity index (χ3n) is 3.22. The zero-order valence-electron chi connectivity index (χ0n) is 10.5. The first kappa shape index (κ1) is 13.4. The summed E-state index contributed by atoms with van der Waals surface area (Å²) in [5.74, 6) is 0.0647. The van der Waals surface area contributed by atoms with E-state index < -0.39 is 0 Å². The Morgan fingerprint density at radius 1 is 1.10 bits per heavy atom. The van der Waals surface area contributed by atoms with E-state index in [1.54, 1.807) is 24.3 Å². The highest BCUT2D eigenvalue weighted by Crippen LogP contribution is 2.26. The Hall–Kier alpha value is -1.58. The van der Waals surface area contributed by atoms with E-state index in [1.165, 1.54) is 0 Å². The van der Waals surface area contributed by atoms with Crippen molar-refractivity contribution in [3.8, 4) is 0 Å². The maximum absolute atomic E-state index is 12.3. The van der Waals surface area contributed by atoms with Gasteiger partial charge in [0.05, 0.1) is 6.54 Å². The second kappa shape index (κ2) is 5.43. The van der Waals surface area contributed by atoms with E-state index in [4.69, 9.17) is 11.6 Å². The summed E-state index contributed by atoms with van der Waals surface area (Å²) >= 11 is 9.36. The van der Waals surface area contributed by atoms with Gasteiger partial charge in [0.25, 0.3) is 0 Å². The average molecular weight is 349 g/mol. The molecule has 100 valence electrons. The smallest absolute Gasteiger partial charge is 0.182 e. The molecule has 0 aliphatic rings. The number of hydrogen-bond acceptors (Lipinski definition) is 1. The number of halogens is 2. The van der Waals surface area contributed by atoms with Crippen molar-refractivity contribution in [2.24, 2.45) is 0 Å². The number of ketones is 1. The van der Waals surface area contributed by atoms with Crippen LogP contribution in [0.5, 0.6) is 0 Å². The number of fused-ring (bicyclic) bond motifs is 1. The summed E-state index contributed by atoms with van der Waals surface area (Å²) in [6.07, 6.45) is 1.94. The van der Waals surface area contributed by atoms with Crippen LogP contribution >= 0.6 is 27.5 Å². The second-order valence-electron chi connectivity index (χ2n) is 4.55. The molecule has 0 N–H and O–H groups in total. The summed E-state index contributed by atoms with van der Waals surface area (Å²) in [6, 6.07) is 15.0. The zero-order chi connectivity index (χ0) is 14.1. The lowest BCUT2D eigenvalue weighted by atomic mass is 10.1. The predicted molar refractivity (Wildman–Crippen MR) is 85.4 cm³/mol. The standard InChI is InChI=1S/C16H11BrClNO/c17-14-9-19(15-4-2-1-3-13(14)15)10-16(20)11-5-7-12(18)8-6-11/h1-9H,10H2.